The number of unbranched alkanes of at least 4 members (excludes halogenated alkanes) is 1. The van der Waals surface area contributed by atoms with Gasteiger partial charge in [0.25, 0.3) is 0 Å². The lowest BCUT2D eigenvalue weighted by molar-refractivity contribution is -0.140. The summed E-state index contributed by atoms with van der Waals surface area (Å²) in [5.74, 6) is -2.54. The highest BCUT2D eigenvalue weighted by Crippen LogP contribution is 2.16. The minimum atomic E-state index is -0.850. The monoisotopic (exact) mass is 265 g/mol. The van der Waals surface area contributed by atoms with Crippen molar-refractivity contribution in [1.29, 1.82) is 5.26 Å². The number of carbonyl (C=O) groups excluding carboxylic acids is 3. The van der Waals surface area contributed by atoms with Crippen molar-refractivity contribution < 1.29 is 19.1 Å². The lowest BCUT2D eigenvalue weighted by Gasteiger charge is -2.16. The fourth-order valence-electron chi connectivity index (χ4n) is 1.58. The van der Waals surface area contributed by atoms with Crippen LogP contribution < -0.4 is 5.32 Å². The molecule has 1 heterocycles. The maximum absolute atomic E-state index is 11.6. The lowest BCUT2D eigenvalue weighted by atomic mass is 10.2. The van der Waals surface area contributed by atoms with Crippen molar-refractivity contribution in [3.8, 4) is 6.07 Å². The average Bonchev–Trinajstić information content (AvgIpc) is 2.65. The zero-order chi connectivity index (χ0) is 14.4. The Kier molecular flexibility index (Phi) is 5.06. The summed E-state index contributed by atoms with van der Waals surface area (Å²) in [6.45, 7) is 3.91. The molecule has 1 aliphatic heterocycles. The number of rotatable bonds is 5. The van der Waals surface area contributed by atoms with E-state index in [1.807, 2.05) is 6.92 Å². The van der Waals surface area contributed by atoms with Crippen LogP contribution in [0.15, 0.2) is 11.4 Å². The van der Waals surface area contributed by atoms with Gasteiger partial charge in [-0.3, -0.25) is 14.5 Å². The van der Waals surface area contributed by atoms with Crippen molar-refractivity contribution in [3.05, 3.63) is 11.4 Å². The van der Waals surface area contributed by atoms with Gasteiger partial charge in [0.15, 0.2) is 5.57 Å². The quantitative estimate of drug-likeness (QED) is 0.327. The molecule has 7 heteroatoms. The Bertz CT molecular complexity index is 476. The Labute approximate surface area is 110 Å². The van der Waals surface area contributed by atoms with Gasteiger partial charge in [-0.1, -0.05) is 13.3 Å². The molecule has 19 heavy (non-hydrogen) atoms. The molecule has 0 bridgehead atoms. The summed E-state index contributed by atoms with van der Waals surface area (Å²) in [4.78, 5) is 35.7. The molecule has 0 radical (unpaired) electrons. The van der Waals surface area contributed by atoms with Gasteiger partial charge in [0.1, 0.15) is 11.9 Å². The Balaban J connectivity index is 3.11. The molecule has 7 nitrogen and oxygen atoms in total. The number of hydrogen-bond donors (Lipinski definition) is 1. The molecule has 102 valence electrons. The first-order valence-corrected chi connectivity index (χ1v) is 6.01. The number of nitrogens with zero attached hydrogens (tertiary/aromatic N) is 2. The van der Waals surface area contributed by atoms with Gasteiger partial charge in [-0.05, 0) is 13.3 Å². The van der Waals surface area contributed by atoms with Crippen LogP contribution in [0.25, 0.3) is 0 Å². The molecule has 0 atom stereocenters. The standard InChI is InChI=1S/C12H15N3O4/c1-3-5-6-15-9(14-10(16)11(15)17)8(7-13)12(18)19-4-2/h3-6H2,1-2H3,(H,14,16)/b9-8+. The maximum Gasteiger partial charge on any atom is 0.352 e. The van der Waals surface area contributed by atoms with E-state index in [9.17, 15) is 14.4 Å². The Morgan fingerprint density at radius 2 is 2.11 bits per heavy atom. The van der Waals surface area contributed by atoms with E-state index < -0.39 is 17.8 Å². The fraction of sp³-hybridized carbons (Fsp3) is 0.500. The van der Waals surface area contributed by atoms with E-state index in [1.54, 1.807) is 13.0 Å². The van der Waals surface area contributed by atoms with Crippen LogP contribution in [0.2, 0.25) is 0 Å². The third-order valence-corrected chi connectivity index (χ3v) is 2.50. The van der Waals surface area contributed by atoms with Gasteiger partial charge in [-0.2, -0.15) is 5.26 Å². The van der Waals surface area contributed by atoms with Crippen molar-refractivity contribution in [1.82, 2.24) is 10.2 Å². The summed E-state index contributed by atoms with van der Waals surface area (Å²) < 4.78 is 4.72. The second-order valence-corrected chi connectivity index (χ2v) is 3.82. The van der Waals surface area contributed by atoms with E-state index in [2.05, 4.69) is 5.32 Å². The molecular weight excluding hydrogens is 250 g/mol. The zero-order valence-corrected chi connectivity index (χ0v) is 10.9. The van der Waals surface area contributed by atoms with E-state index in [4.69, 9.17) is 10.00 Å². The van der Waals surface area contributed by atoms with Gasteiger partial charge >= 0.3 is 17.8 Å². The van der Waals surface area contributed by atoms with Gasteiger partial charge in [0.2, 0.25) is 0 Å². The number of nitriles is 1. The van der Waals surface area contributed by atoms with Crippen LogP contribution in [-0.2, 0) is 19.1 Å². The van der Waals surface area contributed by atoms with Crippen LogP contribution in [0.3, 0.4) is 0 Å². The van der Waals surface area contributed by atoms with Crippen LogP contribution in [0, 0.1) is 11.3 Å². The van der Waals surface area contributed by atoms with E-state index >= 15 is 0 Å². The van der Waals surface area contributed by atoms with Crippen molar-refractivity contribution >= 4 is 17.8 Å². The van der Waals surface area contributed by atoms with Crippen LogP contribution in [0.5, 0.6) is 0 Å². The predicted octanol–water partition coefficient (Wildman–Crippen LogP) is 0.0432. The van der Waals surface area contributed by atoms with Crippen molar-refractivity contribution in [2.24, 2.45) is 0 Å². The molecule has 0 unspecified atom stereocenters. The van der Waals surface area contributed by atoms with Crippen LogP contribution in [0.1, 0.15) is 26.7 Å². The van der Waals surface area contributed by atoms with E-state index in [-0.39, 0.29) is 24.5 Å². The number of amides is 2. The molecule has 1 rings (SSSR count). The Hall–Kier alpha value is -2.36. The summed E-state index contributed by atoms with van der Waals surface area (Å²) in [5.41, 5.74) is -0.364. The molecule has 0 saturated carbocycles. The van der Waals surface area contributed by atoms with Gasteiger partial charge in [0, 0.05) is 6.54 Å². The molecule has 0 aromatic heterocycles. The fourth-order valence-corrected chi connectivity index (χ4v) is 1.58. The third kappa shape index (κ3) is 3.10. The van der Waals surface area contributed by atoms with E-state index in [1.165, 1.54) is 0 Å². The first-order valence-electron chi connectivity index (χ1n) is 6.01. The summed E-state index contributed by atoms with van der Waals surface area (Å²) in [6.07, 6.45) is 1.47. The molecule has 1 N–H and O–H groups in total. The highest BCUT2D eigenvalue weighted by atomic mass is 16.5. The first kappa shape index (κ1) is 14.7. The third-order valence-electron chi connectivity index (χ3n) is 2.50. The molecule has 2 amide bonds. The van der Waals surface area contributed by atoms with Crippen LogP contribution >= 0.6 is 0 Å². The minimum absolute atomic E-state index is 0.0793. The number of esters is 1. The Morgan fingerprint density at radius 1 is 1.42 bits per heavy atom. The molecule has 1 aliphatic rings. The van der Waals surface area contributed by atoms with Crippen molar-refractivity contribution in [2.75, 3.05) is 13.2 Å². The normalized spacial score (nSPS) is 17.0. The molecule has 1 saturated heterocycles. The molecule has 1 fully saturated rings. The van der Waals surface area contributed by atoms with Gasteiger partial charge in [-0.25, -0.2) is 4.79 Å². The second kappa shape index (κ2) is 6.54. The number of hydrogen-bond acceptors (Lipinski definition) is 5. The minimum Gasteiger partial charge on any atom is -0.462 e. The number of carbonyl (C=O) groups is 3. The maximum atomic E-state index is 11.6. The van der Waals surface area contributed by atoms with Crippen molar-refractivity contribution in [2.45, 2.75) is 26.7 Å². The molecule has 0 aromatic rings. The van der Waals surface area contributed by atoms with Gasteiger partial charge < -0.3 is 10.1 Å². The summed E-state index contributed by atoms with van der Waals surface area (Å²) >= 11 is 0. The Morgan fingerprint density at radius 3 is 2.63 bits per heavy atom. The number of nitrogens with one attached hydrogen (secondary N) is 1. The van der Waals surface area contributed by atoms with E-state index in [0.29, 0.717) is 6.42 Å². The van der Waals surface area contributed by atoms with Crippen molar-refractivity contribution in [3.63, 3.8) is 0 Å². The molecular formula is C12H15N3O4. The van der Waals surface area contributed by atoms with E-state index in [0.717, 1.165) is 11.3 Å². The van der Waals surface area contributed by atoms with Crippen LogP contribution in [-0.4, -0.2) is 35.8 Å². The summed E-state index contributed by atoms with van der Waals surface area (Å²) in [7, 11) is 0. The number of ether oxygens (including phenoxy) is 1. The average molecular weight is 265 g/mol. The zero-order valence-electron chi connectivity index (χ0n) is 10.9. The lowest BCUT2D eigenvalue weighted by Crippen LogP contribution is -2.29. The highest BCUT2D eigenvalue weighted by Gasteiger charge is 2.37. The SMILES string of the molecule is CCCCN1C(=O)C(=O)N/C1=C(/C#N)C(=O)OCC. The van der Waals surface area contributed by atoms with Gasteiger partial charge in [0.05, 0.1) is 6.61 Å². The summed E-state index contributed by atoms with van der Waals surface area (Å²) in [5, 5.41) is 11.2. The van der Waals surface area contributed by atoms with Crippen LogP contribution in [0.4, 0.5) is 0 Å². The molecule has 0 aliphatic carbocycles. The van der Waals surface area contributed by atoms with Gasteiger partial charge in [-0.15, -0.1) is 0 Å². The first-order chi connectivity index (χ1) is 9.06. The highest BCUT2D eigenvalue weighted by molar-refractivity contribution is 6.38. The summed E-state index contributed by atoms with van der Waals surface area (Å²) in [6, 6.07) is 1.67. The second-order valence-electron chi connectivity index (χ2n) is 3.82. The predicted molar refractivity (Wildman–Crippen MR) is 64.0 cm³/mol. The smallest absolute Gasteiger partial charge is 0.352 e. The topological polar surface area (TPSA) is 99.5 Å². The molecule has 0 aromatic carbocycles. The largest absolute Gasteiger partial charge is 0.462 e. The molecule has 0 spiro atoms.